The molecule has 0 aliphatic heterocycles. The minimum Gasteiger partial charge on any atom is -0.310 e. The second kappa shape index (κ2) is 14.8. The number of hydrogen-bond acceptors (Lipinski definition) is 3. The quantitative estimate of drug-likeness (QED) is 0.155. The Kier molecular flexibility index (Phi) is 8.62. The van der Waals surface area contributed by atoms with E-state index in [1.54, 1.807) is 0 Å². The Hall–Kier alpha value is -7.30. The van der Waals surface area contributed by atoms with E-state index in [0.717, 1.165) is 11.4 Å². The molecule has 0 amide bonds. The highest BCUT2D eigenvalue weighted by Crippen LogP contribution is 2.50. The van der Waals surface area contributed by atoms with Gasteiger partial charge in [-0.1, -0.05) is 164 Å². The fraction of sp³-hybridized carbons (Fsp3) is 0. The van der Waals surface area contributed by atoms with Crippen LogP contribution in [0.4, 0.5) is 17.1 Å². The van der Waals surface area contributed by atoms with Crippen LogP contribution < -0.4 is 4.90 Å². The van der Waals surface area contributed by atoms with Crippen LogP contribution >= 0.6 is 22.7 Å². The van der Waals surface area contributed by atoms with Crippen LogP contribution in [-0.2, 0) is 0 Å². The summed E-state index contributed by atoms with van der Waals surface area (Å²) < 4.78 is 5.17. The molecule has 3 heteroatoms. The minimum absolute atomic E-state index is 1.11. The van der Waals surface area contributed by atoms with Crippen molar-refractivity contribution < 1.29 is 0 Å². The van der Waals surface area contributed by atoms with Crippen molar-refractivity contribution in [1.29, 1.82) is 0 Å². The zero-order valence-electron chi connectivity index (χ0n) is 33.1. The van der Waals surface area contributed by atoms with Crippen LogP contribution in [0.5, 0.6) is 0 Å². The first kappa shape index (κ1) is 35.6. The van der Waals surface area contributed by atoms with E-state index in [9.17, 15) is 0 Å². The van der Waals surface area contributed by atoms with Gasteiger partial charge in [-0.15, -0.1) is 22.7 Å². The van der Waals surface area contributed by atoms with Crippen molar-refractivity contribution in [2.24, 2.45) is 0 Å². The molecule has 1 nitrogen and oxygen atoms in total. The molecule has 0 unspecified atom stereocenters. The molecule has 2 heterocycles. The third kappa shape index (κ3) is 6.21. The van der Waals surface area contributed by atoms with Gasteiger partial charge in [0.25, 0.3) is 0 Å². The van der Waals surface area contributed by atoms with Crippen molar-refractivity contribution in [2.45, 2.75) is 0 Å². The monoisotopic (exact) mass is 811 g/mol. The zero-order valence-corrected chi connectivity index (χ0v) is 34.8. The van der Waals surface area contributed by atoms with Crippen LogP contribution in [0, 0.1) is 0 Å². The van der Waals surface area contributed by atoms with Crippen LogP contribution in [0.15, 0.2) is 224 Å². The summed E-state index contributed by atoms with van der Waals surface area (Å²) in [6, 6.07) is 82.4. The van der Waals surface area contributed by atoms with Crippen LogP contribution in [-0.4, -0.2) is 0 Å². The molecular weight excluding hydrogens is 775 g/mol. The Bertz CT molecular complexity index is 3570. The minimum atomic E-state index is 1.11. The highest BCUT2D eigenvalue weighted by atomic mass is 32.1. The van der Waals surface area contributed by atoms with Crippen molar-refractivity contribution in [3.8, 4) is 44.5 Å². The average Bonchev–Trinajstić information content (AvgIpc) is 3.91. The Balaban J connectivity index is 1.07. The molecule has 0 N–H and O–H groups in total. The predicted octanol–water partition coefficient (Wildman–Crippen LogP) is 17.7. The smallest absolute Gasteiger partial charge is 0.0555 e. The van der Waals surface area contributed by atoms with Crippen LogP contribution in [0.3, 0.4) is 0 Å². The average molecular weight is 812 g/mol. The maximum Gasteiger partial charge on any atom is 0.0555 e. The molecule has 10 aromatic carbocycles. The lowest BCUT2D eigenvalue weighted by Gasteiger charge is -2.27. The van der Waals surface area contributed by atoms with Crippen LogP contribution in [0.1, 0.15) is 0 Å². The number of nitrogens with zero attached hydrogens (tertiary/aromatic N) is 1. The van der Waals surface area contributed by atoms with Gasteiger partial charge in [-0.2, -0.15) is 0 Å². The Morgan fingerprint density at radius 2 is 0.852 bits per heavy atom. The van der Waals surface area contributed by atoms with E-state index in [0.29, 0.717) is 0 Å². The molecular formula is C58H37NS2. The van der Waals surface area contributed by atoms with Crippen molar-refractivity contribution in [2.75, 3.05) is 4.90 Å². The third-order valence-electron chi connectivity index (χ3n) is 12.1. The molecule has 0 spiro atoms. The number of rotatable bonds is 7. The van der Waals surface area contributed by atoms with Gasteiger partial charge in [0.2, 0.25) is 0 Å². The number of thiophene rings is 2. The van der Waals surface area contributed by atoms with Gasteiger partial charge in [0.15, 0.2) is 0 Å². The lowest BCUT2D eigenvalue weighted by Crippen LogP contribution is -2.10. The molecule has 12 aromatic rings. The van der Waals surface area contributed by atoms with E-state index in [-0.39, 0.29) is 0 Å². The molecule has 0 aliphatic carbocycles. The maximum absolute atomic E-state index is 2.49. The largest absolute Gasteiger partial charge is 0.310 e. The zero-order chi connectivity index (χ0) is 40.3. The molecule has 2 aromatic heterocycles. The standard InChI is InChI=1S/C58H37NS2/c1-4-14-38(15-5-1)44-26-30-48-52-37-46(29-33-55(52)60-56(48)36-44)59(53-32-31-47(39-16-6-2-7-17-39)58-57(53)49-22-12-13-23-54(49)61-58)45-27-24-41(25-28-45)51-35-43-21-11-10-20-42(43)34-50(51)40-18-8-3-9-19-40/h1-37H. The van der Waals surface area contributed by atoms with Crippen LogP contribution in [0.25, 0.3) is 95.6 Å². The highest BCUT2D eigenvalue weighted by Gasteiger charge is 2.22. The van der Waals surface area contributed by atoms with E-state index < -0.39 is 0 Å². The molecule has 0 saturated heterocycles. The molecule has 0 atom stereocenters. The summed E-state index contributed by atoms with van der Waals surface area (Å²) in [6.45, 7) is 0. The summed E-state index contributed by atoms with van der Waals surface area (Å²) in [7, 11) is 0. The predicted molar refractivity (Wildman–Crippen MR) is 266 cm³/mol. The molecule has 12 rings (SSSR count). The normalized spacial score (nSPS) is 11.6. The van der Waals surface area contributed by atoms with Crippen LogP contribution in [0.2, 0.25) is 0 Å². The summed E-state index contributed by atoms with van der Waals surface area (Å²) in [5.41, 5.74) is 13.2. The number of anilines is 3. The van der Waals surface area contributed by atoms with Gasteiger partial charge < -0.3 is 4.90 Å². The number of hydrogen-bond donors (Lipinski definition) is 0. The van der Waals surface area contributed by atoms with E-state index >= 15 is 0 Å². The third-order valence-corrected chi connectivity index (χ3v) is 14.4. The summed E-state index contributed by atoms with van der Waals surface area (Å²) in [5.74, 6) is 0. The van der Waals surface area contributed by atoms with E-state index in [4.69, 9.17) is 0 Å². The first-order valence-electron chi connectivity index (χ1n) is 20.7. The topological polar surface area (TPSA) is 3.24 Å². The van der Waals surface area contributed by atoms with Gasteiger partial charge in [0, 0.05) is 51.7 Å². The summed E-state index contributed by atoms with van der Waals surface area (Å²) in [6.07, 6.45) is 0. The molecule has 286 valence electrons. The first-order valence-corrected chi connectivity index (χ1v) is 22.4. The highest BCUT2D eigenvalue weighted by molar-refractivity contribution is 7.26. The summed E-state index contributed by atoms with van der Waals surface area (Å²) in [5, 5.41) is 7.58. The molecule has 0 radical (unpaired) electrons. The van der Waals surface area contributed by atoms with Gasteiger partial charge in [-0.3, -0.25) is 0 Å². The first-order chi connectivity index (χ1) is 30.2. The summed E-state index contributed by atoms with van der Waals surface area (Å²) in [4.78, 5) is 2.49. The van der Waals surface area contributed by atoms with Crippen molar-refractivity contribution >= 4 is 90.9 Å². The molecule has 0 saturated carbocycles. The van der Waals surface area contributed by atoms with Gasteiger partial charge >= 0.3 is 0 Å². The van der Waals surface area contributed by atoms with Crippen molar-refractivity contribution in [3.05, 3.63) is 224 Å². The lowest BCUT2D eigenvalue weighted by atomic mass is 9.91. The molecule has 0 fully saturated rings. The fourth-order valence-electron chi connectivity index (χ4n) is 9.11. The second-order valence-electron chi connectivity index (χ2n) is 15.7. The van der Waals surface area contributed by atoms with E-state index in [1.807, 2.05) is 22.7 Å². The fourth-order valence-corrected chi connectivity index (χ4v) is 11.5. The Morgan fingerprint density at radius 1 is 0.295 bits per heavy atom. The Morgan fingerprint density at radius 3 is 1.56 bits per heavy atom. The van der Waals surface area contributed by atoms with Gasteiger partial charge in [0.1, 0.15) is 0 Å². The van der Waals surface area contributed by atoms with E-state index in [1.165, 1.54) is 101 Å². The van der Waals surface area contributed by atoms with Gasteiger partial charge in [-0.05, 0) is 116 Å². The van der Waals surface area contributed by atoms with Gasteiger partial charge in [-0.25, -0.2) is 0 Å². The van der Waals surface area contributed by atoms with Gasteiger partial charge in [0.05, 0.1) is 5.69 Å². The Labute approximate surface area is 362 Å². The SMILES string of the molecule is c1ccc(-c2ccc3c(c2)sc2ccc(N(c4ccc(-c5cc6ccccc6cc5-c5ccccc5)cc4)c4ccc(-c5ccccc5)c5sc6ccccc6c45)cc23)cc1. The summed E-state index contributed by atoms with van der Waals surface area (Å²) >= 11 is 3.76. The molecule has 0 bridgehead atoms. The molecule has 61 heavy (non-hydrogen) atoms. The maximum atomic E-state index is 2.49. The van der Waals surface area contributed by atoms with Crippen molar-refractivity contribution in [3.63, 3.8) is 0 Å². The second-order valence-corrected chi connectivity index (χ2v) is 17.8. The lowest BCUT2D eigenvalue weighted by molar-refractivity contribution is 1.31. The van der Waals surface area contributed by atoms with Crippen molar-refractivity contribution in [1.82, 2.24) is 0 Å². The number of benzene rings is 10. The van der Waals surface area contributed by atoms with E-state index in [2.05, 4.69) is 229 Å². The number of fused-ring (bicyclic) bond motifs is 7. The molecule has 0 aliphatic rings.